The fourth-order valence-electron chi connectivity index (χ4n) is 2.78. The van der Waals surface area contributed by atoms with Crippen molar-refractivity contribution >= 4 is 11.6 Å². The highest BCUT2D eigenvalue weighted by Gasteiger charge is 2.36. The average Bonchev–Trinajstić information content (AvgIpc) is 3.17. The summed E-state index contributed by atoms with van der Waals surface area (Å²) in [5, 5.41) is 7.10. The molecule has 0 bridgehead atoms. The molecule has 2 aromatic rings. The van der Waals surface area contributed by atoms with Crippen molar-refractivity contribution in [1.29, 1.82) is 0 Å². The van der Waals surface area contributed by atoms with E-state index in [1.807, 2.05) is 20.2 Å². The number of carbonyl (C=O) groups is 1. The van der Waals surface area contributed by atoms with Crippen molar-refractivity contribution in [3.63, 3.8) is 0 Å². The highest BCUT2D eigenvalue weighted by atomic mass is 16.5. The van der Waals surface area contributed by atoms with Gasteiger partial charge in [0.15, 0.2) is 0 Å². The lowest BCUT2D eigenvalue weighted by Crippen LogP contribution is -2.25. The minimum Gasteiger partial charge on any atom is -0.481 e. The predicted octanol–water partition coefficient (Wildman–Crippen LogP) is 1.85. The van der Waals surface area contributed by atoms with Crippen LogP contribution in [-0.4, -0.2) is 34.4 Å². The van der Waals surface area contributed by atoms with Crippen molar-refractivity contribution in [3.8, 4) is 5.88 Å². The molecular weight excluding hydrogens is 296 g/mol. The third-order valence-electron chi connectivity index (χ3n) is 4.01. The fraction of sp³-hybridized carbons (Fsp3) is 0.438. The number of hydrogen-bond acceptors (Lipinski definition) is 5. The number of hydrogen-bond donors (Lipinski definition) is 1. The first kappa shape index (κ1) is 15.5. The number of pyridine rings is 1. The van der Waals surface area contributed by atoms with Gasteiger partial charge in [0, 0.05) is 31.5 Å². The van der Waals surface area contributed by atoms with Crippen LogP contribution in [0.15, 0.2) is 24.5 Å². The van der Waals surface area contributed by atoms with Crippen LogP contribution in [0.1, 0.15) is 23.8 Å². The van der Waals surface area contributed by atoms with E-state index in [0.717, 1.165) is 11.3 Å². The summed E-state index contributed by atoms with van der Waals surface area (Å²) >= 11 is 0. The molecule has 1 N–H and O–H groups in total. The Balaban J connectivity index is 1.74. The molecular formula is C16H20N4O3. The maximum atomic E-state index is 12.6. The van der Waals surface area contributed by atoms with Gasteiger partial charge in [-0.1, -0.05) is 0 Å². The number of aromatic nitrogens is 3. The molecule has 0 spiro atoms. The lowest BCUT2D eigenvalue weighted by molar-refractivity contribution is -0.121. The third kappa shape index (κ3) is 3.19. The molecule has 122 valence electrons. The van der Waals surface area contributed by atoms with Crippen LogP contribution < -0.4 is 10.1 Å². The molecule has 3 heterocycles. The Morgan fingerprint density at radius 3 is 2.96 bits per heavy atom. The Morgan fingerprint density at radius 2 is 2.30 bits per heavy atom. The third-order valence-corrected chi connectivity index (χ3v) is 4.01. The smallest absolute Gasteiger partial charge is 0.230 e. The summed E-state index contributed by atoms with van der Waals surface area (Å²) in [6.45, 7) is 2.40. The molecule has 23 heavy (non-hydrogen) atoms. The van der Waals surface area contributed by atoms with Crippen molar-refractivity contribution in [1.82, 2.24) is 14.8 Å². The van der Waals surface area contributed by atoms with Crippen LogP contribution in [0.5, 0.6) is 5.88 Å². The van der Waals surface area contributed by atoms with Gasteiger partial charge >= 0.3 is 0 Å². The number of carbonyl (C=O) groups excluding carboxylic acids is 1. The van der Waals surface area contributed by atoms with Crippen LogP contribution in [0, 0.1) is 12.8 Å². The van der Waals surface area contributed by atoms with E-state index in [2.05, 4.69) is 15.4 Å². The first-order chi connectivity index (χ1) is 11.1. The van der Waals surface area contributed by atoms with Crippen molar-refractivity contribution in [2.45, 2.75) is 19.4 Å². The number of nitrogens with zero attached hydrogens (tertiary/aromatic N) is 3. The van der Waals surface area contributed by atoms with Crippen LogP contribution in [0.2, 0.25) is 0 Å². The number of aryl methyl sites for hydroxylation is 2. The van der Waals surface area contributed by atoms with Gasteiger partial charge in [0.25, 0.3) is 0 Å². The molecule has 3 rings (SSSR count). The first-order valence-electron chi connectivity index (χ1n) is 7.51. The summed E-state index contributed by atoms with van der Waals surface area (Å²) < 4.78 is 12.5. The van der Waals surface area contributed by atoms with Gasteiger partial charge in [0.05, 0.1) is 36.7 Å². The lowest BCUT2D eigenvalue weighted by atomic mass is 9.96. The summed E-state index contributed by atoms with van der Waals surface area (Å²) in [5.74, 6) is 0.227. The first-order valence-corrected chi connectivity index (χ1v) is 7.51. The Labute approximate surface area is 134 Å². The molecule has 1 amide bonds. The number of amides is 1. The minimum absolute atomic E-state index is 0.0635. The molecule has 0 aromatic carbocycles. The molecule has 0 aliphatic carbocycles. The molecule has 1 aliphatic heterocycles. The highest BCUT2D eigenvalue weighted by molar-refractivity contribution is 5.93. The number of ether oxygens (including phenoxy) is 2. The van der Waals surface area contributed by atoms with E-state index in [1.54, 1.807) is 30.1 Å². The lowest BCUT2D eigenvalue weighted by Gasteiger charge is -2.17. The van der Waals surface area contributed by atoms with Gasteiger partial charge in [0.1, 0.15) is 0 Å². The van der Waals surface area contributed by atoms with E-state index in [0.29, 0.717) is 24.6 Å². The van der Waals surface area contributed by atoms with Gasteiger partial charge in [-0.2, -0.15) is 5.10 Å². The Hall–Kier alpha value is -2.41. The van der Waals surface area contributed by atoms with E-state index < -0.39 is 0 Å². The topological polar surface area (TPSA) is 78.3 Å². The van der Waals surface area contributed by atoms with Crippen LogP contribution in [0.25, 0.3) is 0 Å². The predicted molar refractivity (Wildman–Crippen MR) is 84.2 cm³/mol. The fourth-order valence-corrected chi connectivity index (χ4v) is 2.78. The zero-order chi connectivity index (χ0) is 16.4. The van der Waals surface area contributed by atoms with Gasteiger partial charge in [-0.05, 0) is 19.4 Å². The largest absolute Gasteiger partial charge is 0.481 e. The second kappa shape index (κ2) is 6.37. The summed E-state index contributed by atoms with van der Waals surface area (Å²) in [6.07, 6.45) is 4.07. The maximum absolute atomic E-state index is 12.6. The van der Waals surface area contributed by atoms with Crippen LogP contribution in [0.4, 0.5) is 5.69 Å². The quantitative estimate of drug-likeness (QED) is 0.931. The van der Waals surface area contributed by atoms with Gasteiger partial charge < -0.3 is 14.8 Å². The second-order valence-corrected chi connectivity index (χ2v) is 5.61. The van der Waals surface area contributed by atoms with Crippen LogP contribution >= 0.6 is 0 Å². The van der Waals surface area contributed by atoms with Crippen molar-refractivity contribution in [2.75, 3.05) is 19.0 Å². The molecule has 7 nitrogen and oxygen atoms in total. The number of rotatable bonds is 4. The molecule has 1 fully saturated rings. The highest BCUT2D eigenvalue weighted by Crippen LogP contribution is 2.35. The minimum atomic E-state index is -0.254. The zero-order valence-electron chi connectivity index (χ0n) is 13.4. The van der Waals surface area contributed by atoms with Crippen LogP contribution in [-0.2, 0) is 16.6 Å². The zero-order valence-corrected chi connectivity index (χ0v) is 13.4. The monoisotopic (exact) mass is 316 g/mol. The van der Waals surface area contributed by atoms with Gasteiger partial charge in [-0.15, -0.1) is 0 Å². The summed E-state index contributed by atoms with van der Waals surface area (Å²) in [4.78, 5) is 16.9. The summed E-state index contributed by atoms with van der Waals surface area (Å²) in [5.41, 5.74) is 2.33. The van der Waals surface area contributed by atoms with Gasteiger partial charge in [-0.25, -0.2) is 4.98 Å². The molecule has 0 unspecified atom stereocenters. The molecule has 1 saturated heterocycles. The van der Waals surface area contributed by atoms with Crippen molar-refractivity contribution < 1.29 is 14.3 Å². The maximum Gasteiger partial charge on any atom is 0.230 e. The molecule has 1 aliphatic rings. The van der Waals surface area contributed by atoms with Crippen molar-refractivity contribution in [3.05, 3.63) is 35.8 Å². The summed E-state index contributed by atoms with van der Waals surface area (Å²) in [6, 6.07) is 3.53. The SMILES string of the molecule is COc1ccc(NC(=O)[C@H]2CCO[C@@H]2c2cnn(C)c2)c(C)n1. The Kier molecular flexibility index (Phi) is 4.29. The Morgan fingerprint density at radius 1 is 1.48 bits per heavy atom. The second-order valence-electron chi connectivity index (χ2n) is 5.61. The van der Waals surface area contributed by atoms with Gasteiger partial charge in [0.2, 0.25) is 11.8 Å². The molecule has 7 heteroatoms. The van der Waals surface area contributed by atoms with Crippen LogP contribution in [0.3, 0.4) is 0 Å². The van der Waals surface area contributed by atoms with Crippen molar-refractivity contribution in [2.24, 2.45) is 13.0 Å². The molecule has 2 aromatic heterocycles. The standard InChI is InChI=1S/C16H20N4O3/c1-10-13(4-5-14(18-10)22-3)19-16(21)12-6-7-23-15(12)11-8-17-20(2)9-11/h4-5,8-9,12,15H,6-7H2,1-3H3,(H,19,21)/t12-,15+/m0/s1. The van der Waals surface area contributed by atoms with Gasteiger partial charge in [-0.3, -0.25) is 9.48 Å². The van der Waals surface area contributed by atoms with E-state index >= 15 is 0 Å². The number of nitrogens with one attached hydrogen (secondary N) is 1. The normalized spacial score (nSPS) is 20.5. The summed E-state index contributed by atoms with van der Waals surface area (Å²) in [7, 11) is 3.41. The van der Waals surface area contributed by atoms with E-state index in [9.17, 15) is 4.79 Å². The van der Waals surface area contributed by atoms with E-state index in [-0.39, 0.29) is 17.9 Å². The molecule has 0 radical (unpaired) electrons. The Bertz CT molecular complexity index is 713. The molecule has 0 saturated carbocycles. The number of methoxy groups -OCH3 is 1. The average molecular weight is 316 g/mol. The van der Waals surface area contributed by atoms with E-state index in [1.165, 1.54) is 0 Å². The number of anilines is 1. The molecule has 2 atom stereocenters. The van der Waals surface area contributed by atoms with E-state index in [4.69, 9.17) is 9.47 Å².